The van der Waals surface area contributed by atoms with Gasteiger partial charge in [0.2, 0.25) is 0 Å². The number of likely N-dealkylation sites (tertiary alicyclic amines) is 1. The van der Waals surface area contributed by atoms with Crippen LogP contribution in [0.2, 0.25) is 0 Å². The molecule has 0 saturated carbocycles. The van der Waals surface area contributed by atoms with Crippen molar-refractivity contribution in [1.29, 1.82) is 0 Å². The Kier molecular flexibility index (Phi) is 4.50. The van der Waals surface area contributed by atoms with Crippen LogP contribution in [0.1, 0.15) is 30.4 Å². The molecule has 0 N–H and O–H groups in total. The van der Waals surface area contributed by atoms with Gasteiger partial charge in [0.15, 0.2) is 6.61 Å². The number of aryl methyl sites for hydroxylation is 1. The quantitative estimate of drug-likeness (QED) is 0.870. The molecule has 0 radical (unpaired) electrons. The van der Waals surface area contributed by atoms with E-state index < -0.39 is 0 Å². The zero-order valence-corrected chi connectivity index (χ0v) is 12.9. The molecule has 120 valence electrons. The fourth-order valence-corrected chi connectivity index (χ4v) is 2.79. The summed E-state index contributed by atoms with van der Waals surface area (Å²) in [6.07, 6.45) is 3.54. The van der Waals surface area contributed by atoms with Crippen molar-refractivity contribution in [3.63, 3.8) is 0 Å². The lowest BCUT2D eigenvalue weighted by Gasteiger charge is -2.24. The van der Waals surface area contributed by atoms with Gasteiger partial charge < -0.3 is 9.64 Å². The van der Waals surface area contributed by atoms with Crippen molar-refractivity contribution < 1.29 is 13.9 Å². The minimum atomic E-state index is -0.331. The van der Waals surface area contributed by atoms with Crippen molar-refractivity contribution in [1.82, 2.24) is 14.9 Å². The average Bonchev–Trinajstić information content (AvgIpc) is 3.04. The first-order valence-electron chi connectivity index (χ1n) is 7.61. The van der Waals surface area contributed by atoms with Gasteiger partial charge in [-0.3, -0.25) is 4.79 Å². The van der Waals surface area contributed by atoms with Gasteiger partial charge in [-0.05, 0) is 50.1 Å². The molecule has 1 aliphatic heterocycles. The van der Waals surface area contributed by atoms with E-state index >= 15 is 0 Å². The monoisotopic (exact) mass is 315 g/mol. The molecular weight excluding hydrogens is 297 g/mol. The van der Waals surface area contributed by atoms with Crippen LogP contribution in [0.4, 0.5) is 4.39 Å². The van der Waals surface area contributed by atoms with Gasteiger partial charge in [-0.15, -0.1) is 0 Å². The zero-order valence-electron chi connectivity index (χ0n) is 12.9. The van der Waals surface area contributed by atoms with Crippen LogP contribution in [0.25, 0.3) is 0 Å². The van der Waals surface area contributed by atoms with Gasteiger partial charge in [-0.25, -0.2) is 14.4 Å². The summed E-state index contributed by atoms with van der Waals surface area (Å²) in [5, 5.41) is 0. The Hall–Kier alpha value is -2.50. The molecule has 2 aromatic rings. The van der Waals surface area contributed by atoms with Gasteiger partial charge in [0.05, 0.1) is 11.7 Å². The third-order valence-electron chi connectivity index (χ3n) is 3.89. The van der Waals surface area contributed by atoms with Crippen LogP contribution in [-0.4, -0.2) is 33.9 Å². The molecular formula is C17H18FN3O2. The van der Waals surface area contributed by atoms with E-state index in [0.717, 1.165) is 18.5 Å². The number of ether oxygens (including phenoxy) is 1. The number of carbonyl (C=O) groups is 1. The van der Waals surface area contributed by atoms with Gasteiger partial charge >= 0.3 is 0 Å². The fraction of sp³-hybridized carbons (Fsp3) is 0.353. The molecule has 1 atom stereocenters. The maximum atomic E-state index is 12.9. The van der Waals surface area contributed by atoms with Crippen molar-refractivity contribution in [3.05, 3.63) is 53.9 Å². The normalized spacial score (nSPS) is 17.3. The molecule has 1 aliphatic rings. The average molecular weight is 315 g/mol. The minimum absolute atomic E-state index is 0.0268. The summed E-state index contributed by atoms with van der Waals surface area (Å²) in [5.41, 5.74) is 0.866. The van der Waals surface area contributed by atoms with E-state index in [2.05, 4.69) is 9.97 Å². The van der Waals surface area contributed by atoms with E-state index in [9.17, 15) is 9.18 Å². The highest BCUT2D eigenvalue weighted by Crippen LogP contribution is 2.30. The summed E-state index contributed by atoms with van der Waals surface area (Å²) in [7, 11) is 0. The molecule has 6 heteroatoms. The predicted molar refractivity (Wildman–Crippen MR) is 82.4 cm³/mol. The molecule has 1 aromatic heterocycles. The molecule has 1 aromatic carbocycles. The van der Waals surface area contributed by atoms with Crippen LogP contribution >= 0.6 is 0 Å². The SMILES string of the molecule is Cc1nccc([C@@H]2CCCN2C(=O)COc2ccc(F)cc2)n1. The summed E-state index contributed by atoms with van der Waals surface area (Å²) in [6.45, 7) is 2.47. The number of rotatable bonds is 4. The van der Waals surface area contributed by atoms with E-state index in [4.69, 9.17) is 4.74 Å². The van der Waals surface area contributed by atoms with Gasteiger partial charge in [-0.2, -0.15) is 0 Å². The summed E-state index contributed by atoms with van der Waals surface area (Å²) in [6, 6.07) is 7.46. The minimum Gasteiger partial charge on any atom is -0.484 e. The lowest BCUT2D eigenvalue weighted by Crippen LogP contribution is -2.34. The van der Waals surface area contributed by atoms with Crippen molar-refractivity contribution in [2.24, 2.45) is 0 Å². The number of nitrogens with zero attached hydrogens (tertiary/aromatic N) is 3. The highest BCUT2D eigenvalue weighted by atomic mass is 19.1. The number of aromatic nitrogens is 2. The van der Waals surface area contributed by atoms with E-state index in [-0.39, 0.29) is 24.4 Å². The topological polar surface area (TPSA) is 55.3 Å². The first kappa shape index (κ1) is 15.4. The Labute approximate surface area is 134 Å². The second-order valence-corrected chi connectivity index (χ2v) is 5.52. The van der Waals surface area contributed by atoms with Crippen LogP contribution in [-0.2, 0) is 4.79 Å². The Morgan fingerprint density at radius 3 is 2.87 bits per heavy atom. The van der Waals surface area contributed by atoms with Crippen molar-refractivity contribution in [3.8, 4) is 5.75 Å². The van der Waals surface area contributed by atoms with Crippen LogP contribution in [0.3, 0.4) is 0 Å². The van der Waals surface area contributed by atoms with Gasteiger partial charge in [0.1, 0.15) is 17.4 Å². The fourth-order valence-electron chi connectivity index (χ4n) is 2.79. The van der Waals surface area contributed by atoms with Crippen molar-refractivity contribution in [2.75, 3.05) is 13.2 Å². The van der Waals surface area contributed by atoms with E-state index in [1.807, 2.05) is 13.0 Å². The molecule has 0 bridgehead atoms. The second kappa shape index (κ2) is 6.73. The molecule has 1 fully saturated rings. The van der Waals surface area contributed by atoms with Gasteiger partial charge in [-0.1, -0.05) is 0 Å². The largest absolute Gasteiger partial charge is 0.484 e. The van der Waals surface area contributed by atoms with Gasteiger partial charge in [0.25, 0.3) is 5.91 Å². The van der Waals surface area contributed by atoms with Gasteiger partial charge in [0, 0.05) is 12.7 Å². The summed E-state index contributed by atoms with van der Waals surface area (Å²) < 4.78 is 18.3. The Bertz CT molecular complexity index is 690. The second-order valence-electron chi connectivity index (χ2n) is 5.52. The number of halogens is 1. The first-order valence-corrected chi connectivity index (χ1v) is 7.61. The van der Waals surface area contributed by atoms with Crippen LogP contribution < -0.4 is 4.74 Å². The summed E-state index contributed by atoms with van der Waals surface area (Å²) in [4.78, 5) is 22.8. The third kappa shape index (κ3) is 3.64. The molecule has 23 heavy (non-hydrogen) atoms. The molecule has 1 saturated heterocycles. The van der Waals surface area contributed by atoms with E-state index in [1.165, 1.54) is 24.3 Å². The lowest BCUT2D eigenvalue weighted by atomic mass is 10.1. The third-order valence-corrected chi connectivity index (χ3v) is 3.89. The molecule has 0 spiro atoms. The van der Waals surface area contributed by atoms with Crippen LogP contribution in [0.5, 0.6) is 5.75 Å². The maximum Gasteiger partial charge on any atom is 0.261 e. The first-order chi connectivity index (χ1) is 11.1. The Morgan fingerprint density at radius 2 is 2.13 bits per heavy atom. The van der Waals surface area contributed by atoms with E-state index in [1.54, 1.807) is 11.1 Å². The number of amides is 1. The smallest absolute Gasteiger partial charge is 0.261 e. The molecule has 0 aliphatic carbocycles. The molecule has 2 heterocycles. The highest BCUT2D eigenvalue weighted by molar-refractivity contribution is 5.78. The zero-order chi connectivity index (χ0) is 16.2. The Morgan fingerprint density at radius 1 is 1.35 bits per heavy atom. The molecule has 1 amide bonds. The molecule has 5 nitrogen and oxygen atoms in total. The number of hydrogen-bond acceptors (Lipinski definition) is 4. The number of carbonyl (C=O) groups excluding carboxylic acids is 1. The van der Waals surface area contributed by atoms with Crippen LogP contribution in [0.15, 0.2) is 36.5 Å². The Balaban J connectivity index is 1.65. The summed E-state index contributed by atoms with van der Waals surface area (Å²) in [5.74, 6) is 0.758. The van der Waals surface area contributed by atoms with Crippen molar-refractivity contribution >= 4 is 5.91 Å². The van der Waals surface area contributed by atoms with Crippen molar-refractivity contribution in [2.45, 2.75) is 25.8 Å². The summed E-state index contributed by atoms with van der Waals surface area (Å²) >= 11 is 0. The highest BCUT2D eigenvalue weighted by Gasteiger charge is 2.31. The number of benzene rings is 1. The maximum absolute atomic E-state index is 12.9. The van der Waals surface area contributed by atoms with E-state index in [0.29, 0.717) is 18.1 Å². The molecule has 0 unspecified atom stereocenters. The standard InChI is InChI=1S/C17H18FN3O2/c1-12-19-9-8-15(20-12)16-3-2-10-21(16)17(22)11-23-14-6-4-13(18)5-7-14/h4-9,16H,2-3,10-11H2,1H3/t16-/m0/s1. The predicted octanol–water partition coefficient (Wildman–Crippen LogP) is 2.67. The lowest BCUT2D eigenvalue weighted by molar-refractivity contribution is -0.134. The number of hydrogen-bond donors (Lipinski definition) is 0. The van der Waals surface area contributed by atoms with Crippen LogP contribution in [0, 0.1) is 12.7 Å². The molecule has 3 rings (SSSR count).